The second-order valence-corrected chi connectivity index (χ2v) is 9.71. The van der Waals surface area contributed by atoms with E-state index in [1.807, 2.05) is 0 Å². The van der Waals surface area contributed by atoms with Gasteiger partial charge in [-0.1, -0.05) is 25.7 Å². The molecule has 0 aliphatic heterocycles. The molecule has 2 heteroatoms. The zero-order valence-electron chi connectivity index (χ0n) is 15.0. The van der Waals surface area contributed by atoms with Crippen LogP contribution in [0.2, 0.25) is 0 Å². The molecule has 24 heavy (non-hydrogen) atoms. The summed E-state index contributed by atoms with van der Waals surface area (Å²) in [5, 5.41) is 21.8. The van der Waals surface area contributed by atoms with Gasteiger partial charge in [-0.15, -0.1) is 12.8 Å². The zero-order chi connectivity index (χ0) is 17.4. The van der Waals surface area contributed by atoms with Gasteiger partial charge in [-0.3, -0.25) is 0 Å². The molecular weight excluding hydrogens is 296 g/mol. The fourth-order valence-corrected chi connectivity index (χ4v) is 7.62. The lowest BCUT2D eigenvalue weighted by Crippen LogP contribution is -2.54. The summed E-state index contributed by atoms with van der Waals surface area (Å²) in [7, 11) is 0. The Morgan fingerprint density at radius 3 is 2.29 bits per heavy atom. The van der Waals surface area contributed by atoms with Crippen LogP contribution in [0.15, 0.2) is 0 Å². The van der Waals surface area contributed by atoms with Gasteiger partial charge < -0.3 is 10.2 Å². The van der Waals surface area contributed by atoms with Gasteiger partial charge >= 0.3 is 0 Å². The molecule has 4 fully saturated rings. The van der Waals surface area contributed by atoms with Crippen LogP contribution in [-0.4, -0.2) is 21.4 Å². The molecule has 0 aromatic carbocycles. The average Bonchev–Trinajstić information content (AvgIpc) is 2.99. The van der Waals surface area contributed by atoms with Gasteiger partial charge in [0.25, 0.3) is 0 Å². The van der Waals surface area contributed by atoms with E-state index in [-0.39, 0.29) is 10.8 Å². The summed E-state index contributed by atoms with van der Waals surface area (Å²) >= 11 is 0. The fourth-order valence-electron chi connectivity index (χ4n) is 7.62. The molecule has 0 saturated heterocycles. The van der Waals surface area contributed by atoms with Gasteiger partial charge in [0.2, 0.25) is 0 Å². The van der Waals surface area contributed by atoms with Crippen LogP contribution in [0.4, 0.5) is 0 Å². The minimum Gasteiger partial charge on any atom is -0.378 e. The smallest absolute Gasteiger partial charge is 0.130 e. The minimum absolute atomic E-state index is 0.141. The van der Waals surface area contributed by atoms with Gasteiger partial charge in [-0.05, 0) is 80.5 Å². The molecule has 2 N–H and O–H groups in total. The van der Waals surface area contributed by atoms with Crippen molar-refractivity contribution < 1.29 is 10.2 Å². The van der Waals surface area contributed by atoms with Gasteiger partial charge in [0.05, 0.1) is 0 Å². The number of fused-ring (bicyclic) bond motifs is 5. The van der Waals surface area contributed by atoms with E-state index < -0.39 is 11.2 Å². The highest BCUT2D eigenvalue weighted by Gasteiger charge is 2.66. The Morgan fingerprint density at radius 1 is 0.917 bits per heavy atom. The maximum absolute atomic E-state index is 11.0. The number of hydrogen-bond donors (Lipinski definition) is 2. The minimum atomic E-state index is -0.935. The zero-order valence-corrected chi connectivity index (χ0v) is 15.0. The Bertz CT molecular complexity index is 641. The van der Waals surface area contributed by atoms with E-state index in [4.69, 9.17) is 12.8 Å². The average molecular weight is 326 g/mol. The molecule has 0 aromatic heterocycles. The van der Waals surface area contributed by atoms with Crippen molar-refractivity contribution in [2.24, 2.45) is 34.5 Å². The van der Waals surface area contributed by atoms with Crippen molar-refractivity contribution in [2.75, 3.05) is 0 Å². The Balaban J connectivity index is 1.68. The molecular formula is C22H30O2. The Morgan fingerprint density at radius 2 is 1.62 bits per heavy atom. The predicted octanol–water partition coefficient (Wildman–Crippen LogP) is 3.37. The molecule has 8 atom stereocenters. The van der Waals surface area contributed by atoms with Crippen molar-refractivity contribution in [1.29, 1.82) is 0 Å². The topological polar surface area (TPSA) is 40.5 Å². The van der Waals surface area contributed by atoms with Gasteiger partial charge in [-0.2, -0.15) is 0 Å². The molecule has 0 aromatic rings. The first-order valence-corrected chi connectivity index (χ1v) is 9.62. The molecule has 0 amide bonds. The van der Waals surface area contributed by atoms with Crippen molar-refractivity contribution in [3.05, 3.63) is 0 Å². The van der Waals surface area contributed by atoms with Gasteiger partial charge in [0.1, 0.15) is 11.2 Å². The van der Waals surface area contributed by atoms with Crippen LogP contribution >= 0.6 is 0 Å². The van der Waals surface area contributed by atoms with Crippen molar-refractivity contribution in [3.63, 3.8) is 0 Å². The molecule has 2 nitrogen and oxygen atoms in total. The van der Waals surface area contributed by atoms with E-state index in [2.05, 4.69) is 25.7 Å². The van der Waals surface area contributed by atoms with Gasteiger partial charge in [0.15, 0.2) is 0 Å². The van der Waals surface area contributed by atoms with Crippen molar-refractivity contribution in [2.45, 2.75) is 76.4 Å². The molecule has 4 aliphatic carbocycles. The Labute approximate surface area is 146 Å². The monoisotopic (exact) mass is 326 g/mol. The molecule has 0 unspecified atom stereocenters. The summed E-state index contributed by atoms with van der Waals surface area (Å²) in [5.74, 6) is 7.70. The normalized spacial score (nSPS) is 58.9. The lowest BCUT2D eigenvalue weighted by Gasteiger charge is -2.58. The molecule has 0 spiro atoms. The fraction of sp³-hybridized carbons (Fsp3) is 0.818. The quantitative estimate of drug-likeness (QED) is 0.670. The SMILES string of the molecule is C#C[C@]1(O)C[C@@H]2CC[C@@H]3[C@H](CC[C@@]4(C)[C@H]3CC[C@@]4(O)C#C)[C@@]2(C)C1. The third kappa shape index (κ3) is 1.83. The van der Waals surface area contributed by atoms with Crippen LogP contribution in [0.5, 0.6) is 0 Å². The standard InChI is InChI=1S/C22H30O2/c1-5-21(23)13-15-7-8-16-17(19(15,3)14-21)9-11-20(4)18(16)10-12-22(20,24)6-2/h1-2,15-18,23-24H,7-14H2,3-4H3/t15-,16+,17-,18-,19-,20-,21-,22-/m0/s1. The summed E-state index contributed by atoms with van der Waals surface area (Å²) in [4.78, 5) is 0. The lowest BCUT2D eigenvalue weighted by atomic mass is 9.47. The summed E-state index contributed by atoms with van der Waals surface area (Å²) in [6, 6.07) is 0. The first-order chi connectivity index (χ1) is 11.2. The lowest BCUT2D eigenvalue weighted by molar-refractivity contribution is -0.119. The molecule has 0 heterocycles. The van der Waals surface area contributed by atoms with Crippen LogP contribution in [0, 0.1) is 59.2 Å². The van der Waals surface area contributed by atoms with E-state index in [1.165, 1.54) is 6.42 Å². The molecule has 130 valence electrons. The largest absolute Gasteiger partial charge is 0.378 e. The second-order valence-electron chi connectivity index (χ2n) is 9.71. The first-order valence-electron chi connectivity index (χ1n) is 9.62. The highest BCUT2D eigenvalue weighted by atomic mass is 16.3. The van der Waals surface area contributed by atoms with Crippen LogP contribution in [0.1, 0.15) is 65.2 Å². The van der Waals surface area contributed by atoms with Crippen LogP contribution < -0.4 is 0 Å². The predicted molar refractivity (Wildman–Crippen MR) is 94.7 cm³/mol. The third-order valence-corrected chi connectivity index (χ3v) is 8.98. The van der Waals surface area contributed by atoms with Crippen molar-refractivity contribution >= 4 is 0 Å². The van der Waals surface area contributed by atoms with Gasteiger partial charge in [0, 0.05) is 5.41 Å². The molecule has 0 bridgehead atoms. The summed E-state index contributed by atoms with van der Waals surface area (Å²) in [6.07, 6.45) is 19.1. The molecule has 0 radical (unpaired) electrons. The maximum atomic E-state index is 11.0. The van der Waals surface area contributed by atoms with E-state index in [1.54, 1.807) is 0 Å². The molecule has 4 rings (SSSR count). The van der Waals surface area contributed by atoms with E-state index in [0.717, 1.165) is 44.9 Å². The van der Waals surface area contributed by atoms with Crippen LogP contribution in [0.25, 0.3) is 0 Å². The number of hydrogen-bond acceptors (Lipinski definition) is 2. The number of terminal acetylenes is 2. The third-order valence-electron chi connectivity index (χ3n) is 8.98. The Hall–Kier alpha value is -0.960. The molecule has 4 saturated carbocycles. The van der Waals surface area contributed by atoms with Crippen LogP contribution in [-0.2, 0) is 0 Å². The van der Waals surface area contributed by atoms with Gasteiger partial charge in [-0.25, -0.2) is 0 Å². The highest BCUT2D eigenvalue weighted by Crippen LogP contribution is 2.69. The summed E-state index contributed by atoms with van der Waals surface area (Å²) in [5.41, 5.74) is -1.85. The Kier molecular flexibility index (Phi) is 3.31. The summed E-state index contributed by atoms with van der Waals surface area (Å²) < 4.78 is 0. The van der Waals surface area contributed by atoms with Crippen molar-refractivity contribution in [3.8, 4) is 24.7 Å². The second kappa shape index (κ2) is 4.81. The first kappa shape index (κ1) is 16.5. The highest BCUT2D eigenvalue weighted by molar-refractivity contribution is 5.25. The summed E-state index contributed by atoms with van der Waals surface area (Å²) in [6.45, 7) is 4.59. The van der Waals surface area contributed by atoms with E-state index in [9.17, 15) is 10.2 Å². The van der Waals surface area contributed by atoms with E-state index in [0.29, 0.717) is 23.7 Å². The molecule has 4 aliphatic rings. The number of aliphatic hydroxyl groups is 2. The van der Waals surface area contributed by atoms with E-state index >= 15 is 0 Å². The van der Waals surface area contributed by atoms with Crippen molar-refractivity contribution in [1.82, 2.24) is 0 Å². The maximum Gasteiger partial charge on any atom is 0.130 e. The number of rotatable bonds is 0. The van der Waals surface area contributed by atoms with Crippen LogP contribution in [0.3, 0.4) is 0 Å².